The lowest BCUT2D eigenvalue weighted by Crippen LogP contribution is -2.36. The normalized spacial score (nSPS) is 13.0. The molecule has 0 aromatic heterocycles. The van der Waals surface area contributed by atoms with Gasteiger partial charge < -0.3 is 0 Å². The molecule has 0 aliphatic heterocycles. The number of hydrogen-bond acceptors (Lipinski definition) is 2. The third kappa shape index (κ3) is 5.56. The fraction of sp³-hybridized carbons (Fsp3) is 0.571. The van der Waals surface area contributed by atoms with E-state index in [1.807, 2.05) is 0 Å². The van der Waals surface area contributed by atoms with Crippen molar-refractivity contribution in [2.24, 2.45) is 11.8 Å². The Morgan fingerprint density at radius 1 is 1.11 bits per heavy atom. The molecule has 0 bridgehead atoms. The van der Waals surface area contributed by atoms with E-state index in [4.69, 9.17) is 5.84 Å². The highest BCUT2D eigenvalue weighted by atomic mass is 19.1. The highest BCUT2D eigenvalue weighted by molar-refractivity contribution is 5.18. The standard InChI is InChI=1S/C14H22F2N2/c1-10(2)4-3-5-14(18-17)8-11-6-12(15)9-13(16)7-11/h6-7,9-10,14,18H,3-5,8,17H2,1-2H3. The monoisotopic (exact) mass is 256 g/mol. The number of hydrazine groups is 1. The molecule has 0 amide bonds. The van der Waals surface area contributed by atoms with Crippen LogP contribution in [0.25, 0.3) is 0 Å². The molecule has 2 nitrogen and oxygen atoms in total. The van der Waals surface area contributed by atoms with Gasteiger partial charge in [0.1, 0.15) is 11.6 Å². The Hall–Kier alpha value is -1.00. The second-order valence-corrected chi connectivity index (χ2v) is 5.17. The zero-order valence-corrected chi connectivity index (χ0v) is 11.0. The molecule has 0 radical (unpaired) electrons. The summed E-state index contributed by atoms with van der Waals surface area (Å²) in [6, 6.07) is 3.66. The summed E-state index contributed by atoms with van der Waals surface area (Å²) in [5.41, 5.74) is 3.36. The van der Waals surface area contributed by atoms with Crippen LogP contribution in [0.15, 0.2) is 18.2 Å². The summed E-state index contributed by atoms with van der Waals surface area (Å²) >= 11 is 0. The molecule has 0 fully saturated rings. The minimum atomic E-state index is -0.539. The van der Waals surface area contributed by atoms with Crippen molar-refractivity contribution >= 4 is 0 Å². The van der Waals surface area contributed by atoms with E-state index in [9.17, 15) is 8.78 Å². The van der Waals surface area contributed by atoms with E-state index >= 15 is 0 Å². The van der Waals surface area contributed by atoms with Gasteiger partial charge in [-0.05, 0) is 36.5 Å². The first-order valence-corrected chi connectivity index (χ1v) is 6.42. The molecule has 4 heteroatoms. The van der Waals surface area contributed by atoms with Crippen molar-refractivity contribution in [3.05, 3.63) is 35.4 Å². The SMILES string of the molecule is CC(C)CCCC(Cc1cc(F)cc(F)c1)NN. The maximum atomic E-state index is 13.0. The molecule has 0 aliphatic rings. The molecule has 3 N–H and O–H groups in total. The quantitative estimate of drug-likeness (QED) is 0.581. The van der Waals surface area contributed by atoms with Gasteiger partial charge in [0.15, 0.2) is 0 Å². The average molecular weight is 256 g/mol. The second-order valence-electron chi connectivity index (χ2n) is 5.17. The molecule has 1 unspecified atom stereocenters. The molecule has 0 saturated heterocycles. The van der Waals surface area contributed by atoms with Gasteiger partial charge in [0.2, 0.25) is 0 Å². The first kappa shape index (κ1) is 15.1. The van der Waals surface area contributed by atoms with Gasteiger partial charge in [-0.3, -0.25) is 11.3 Å². The van der Waals surface area contributed by atoms with Crippen molar-refractivity contribution in [2.45, 2.75) is 45.6 Å². The molecule has 0 heterocycles. The summed E-state index contributed by atoms with van der Waals surface area (Å²) in [5, 5.41) is 0. The van der Waals surface area contributed by atoms with Gasteiger partial charge >= 0.3 is 0 Å². The van der Waals surface area contributed by atoms with Crippen LogP contribution in [-0.2, 0) is 6.42 Å². The van der Waals surface area contributed by atoms with Crippen molar-refractivity contribution in [3.8, 4) is 0 Å². The van der Waals surface area contributed by atoms with Crippen LogP contribution in [0.2, 0.25) is 0 Å². The molecule has 18 heavy (non-hydrogen) atoms. The summed E-state index contributed by atoms with van der Waals surface area (Å²) in [5.74, 6) is 5.06. The highest BCUT2D eigenvalue weighted by Gasteiger charge is 2.10. The number of halogens is 2. The average Bonchev–Trinajstić information content (AvgIpc) is 2.25. The summed E-state index contributed by atoms with van der Waals surface area (Å²) in [4.78, 5) is 0. The van der Waals surface area contributed by atoms with Gasteiger partial charge in [0.25, 0.3) is 0 Å². The van der Waals surface area contributed by atoms with Crippen molar-refractivity contribution in [2.75, 3.05) is 0 Å². The van der Waals surface area contributed by atoms with Gasteiger partial charge in [0.05, 0.1) is 0 Å². The zero-order chi connectivity index (χ0) is 13.5. The van der Waals surface area contributed by atoms with E-state index in [2.05, 4.69) is 19.3 Å². The predicted molar refractivity (Wildman–Crippen MR) is 69.9 cm³/mol. The second kappa shape index (κ2) is 7.44. The molecule has 102 valence electrons. The summed E-state index contributed by atoms with van der Waals surface area (Å²) in [6.07, 6.45) is 3.65. The largest absolute Gasteiger partial charge is 0.271 e. The van der Waals surface area contributed by atoms with Crippen molar-refractivity contribution in [3.63, 3.8) is 0 Å². The van der Waals surface area contributed by atoms with E-state index in [0.717, 1.165) is 25.3 Å². The van der Waals surface area contributed by atoms with E-state index in [-0.39, 0.29) is 6.04 Å². The highest BCUT2D eigenvalue weighted by Crippen LogP contribution is 2.14. The number of nitrogens with one attached hydrogen (secondary N) is 1. The molecule has 1 atom stereocenters. The Morgan fingerprint density at radius 3 is 2.22 bits per heavy atom. The van der Waals surface area contributed by atoms with Crippen LogP contribution < -0.4 is 11.3 Å². The molecule has 1 aromatic carbocycles. The Kier molecular flexibility index (Phi) is 6.22. The van der Waals surface area contributed by atoms with Gasteiger partial charge in [-0.15, -0.1) is 0 Å². The number of rotatable bonds is 7. The number of hydrogen-bond donors (Lipinski definition) is 2. The Balaban J connectivity index is 2.51. The van der Waals surface area contributed by atoms with E-state index in [0.29, 0.717) is 17.9 Å². The summed E-state index contributed by atoms with van der Waals surface area (Å²) in [7, 11) is 0. The third-order valence-electron chi connectivity index (χ3n) is 2.97. The molecule has 1 rings (SSSR count). The fourth-order valence-corrected chi connectivity index (χ4v) is 2.03. The fourth-order valence-electron chi connectivity index (χ4n) is 2.03. The first-order valence-electron chi connectivity index (χ1n) is 6.42. The van der Waals surface area contributed by atoms with Crippen molar-refractivity contribution in [1.29, 1.82) is 0 Å². The summed E-state index contributed by atoms with van der Waals surface area (Å²) < 4.78 is 26.1. The van der Waals surface area contributed by atoms with E-state index in [1.165, 1.54) is 12.1 Å². The molecular formula is C14H22F2N2. The zero-order valence-electron chi connectivity index (χ0n) is 11.0. The number of benzene rings is 1. The van der Waals surface area contributed by atoms with Crippen LogP contribution in [0.5, 0.6) is 0 Å². The van der Waals surface area contributed by atoms with Gasteiger partial charge in [0, 0.05) is 12.1 Å². The van der Waals surface area contributed by atoms with E-state index < -0.39 is 11.6 Å². The number of nitrogens with two attached hydrogens (primary N) is 1. The summed E-state index contributed by atoms with van der Waals surface area (Å²) in [6.45, 7) is 4.35. The van der Waals surface area contributed by atoms with Crippen LogP contribution in [0.3, 0.4) is 0 Å². The maximum Gasteiger partial charge on any atom is 0.126 e. The predicted octanol–water partition coefficient (Wildman–Crippen LogP) is 3.17. The van der Waals surface area contributed by atoms with Crippen molar-refractivity contribution in [1.82, 2.24) is 5.43 Å². The lowest BCUT2D eigenvalue weighted by atomic mass is 9.98. The molecule has 0 saturated carbocycles. The molecule has 1 aromatic rings. The Labute approximate surface area is 108 Å². The molecule has 0 aliphatic carbocycles. The molecule has 0 spiro atoms. The maximum absolute atomic E-state index is 13.0. The van der Waals surface area contributed by atoms with Crippen LogP contribution in [0, 0.1) is 17.6 Å². The Bertz CT molecular complexity index is 347. The smallest absolute Gasteiger partial charge is 0.126 e. The van der Waals surface area contributed by atoms with E-state index in [1.54, 1.807) is 0 Å². The molecular weight excluding hydrogens is 234 g/mol. The van der Waals surface area contributed by atoms with Gasteiger partial charge in [-0.25, -0.2) is 8.78 Å². The van der Waals surface area contributed by atoms with Gasteiger partial charge in [-0.2, -0.15) is 0 Å². The lowest BCUT2D eigenvalue weighted by Gasteiger charge is -2.16. The first-order chi connectivity index (χ1) is 8.51. The third-order valence-corrected chi connectivity index (χ3v) is 2.97. The van der Waals surface area contributed by atoms with Crippen LogP contribution >= 0.6 is 0 Å². The topological polar surface area (TPSA) is 38.0 Å². The van der Waals surface area contributed by atoms with Crippen LogP contribution in [0.4, 0.5) is 8.78 Å². The lowest BCUT2D eigenvalue weighted by molar-refractivity contribution is 0.440. The van der Waals surface area contributed by atoms with Gasteiger partial charge in [-0.1, -0.05) is 26.7 Å². The van der Waals surface area contributed by atoms with Crippen molar-refractivity contribution < 1.29 is 8.78 Å². The van der Waals surface area contributed by atoms with Crippen LogP contribution in [0.1, 0.15) is 38.7 Å². The minimum Gasteiger partial charge on any atom is -0.271 e. The minimum absolute atomic E-state index is 0.0601. The van der Waals surface area contributed by atoms with Crippen LogP contribution in [-0.4, -0.2) is 6.04 Å². The Morgan fingerprint density at radius 2 is 1.72 bits per heavy atom.